The lowest BCUT2D eigenvalue weighted by atomic mass is 10.1. The first kappa shape index (κ1) is 19.9. The highest BCUT2D eigenvalue weighted by Crippen LogP contribution is 2.27. The van der Waals surface area contributed by atoms with E-state index in [0.717, 1.165) is 21.2 Å². The number of carbonyl (C=O) groups is 1. The highest BCUT2D eigenvalue weighted by molar-refractivity contribution is 7.15. The minimum Gasteiger partial charge on any atom is -0.320 e. The van der Waals surface area contributed by atoms with E-state index >= 15 is 0 Å². The van der Waals surface area contributed by atoms with Gasteiger partial charge in [0.05, 0.1) is 11.7 Å². The summed E-state index contributed by atoms with van der Waals surface area (Å²) < 4.78 is 0. The molecule has 2 aromatic rings. The van der Waals surface area contributed by atoms with Crippen molar-refractivity contribution in [3.8, 4) is 0 Å². The van der Waals surface area contributed by atoms with Crippen LogP contribution < -0.4 is 11.1 Å². The van der Waals surface area contributed by atoms with E-state index in [9.17, 15) is 4.79 Å². The minimum absolute atomic E-state index is 0. The van der Waals surface area contributed by atoms with E-state index in [1.54, 1.807) is 0 Å². The van der Waals surface area contributed by atoms with Crippen molar-refractivity contribution in [1.29, 1.82) is 0 Å². The average molecular weight is 374 g/mol. The maximum absolute atomic E-state index is 12.0. The minimum atomic E-state index is -0.531. The maximum Gasteiger partial charge on any atom is 0.243 e. The van der Waals surface area contributed by atoms with Gasteiger partial charge in [0.15, 0.2) is 5.13 Å². The molecule has 0 aliphatic carbocycles. The van der Waals surface area contributed by atoms with Gasteiger partial charge in [0.2, 0.25) is 5.91 Å². The zero-order valence-electron chi connectivity index (χ0n) is 13.3. The van der Waals surface area contributed by atoms with E-state index in [-0.39, 0.29) is 24.2 Å². The van der Waals surface area contributed by atoms with E-state index in [1.807, 2.05) is 45.0 Å². The number of nitrogens with zero attached hydrogens (tertiary/aromatic N) is 1. The Balaban J connectivity index is 0.00000264. The van der Waals surface area contributed by atoms with Crippen LogP contribution in [0.25, 0.3) is 0 Å². The highest BCUT2D eigenvalue weighted by atomic mass is 35.5. The third kappa shape index (κ3) is 5.18. The summed E-state index contributed by atoms with van der Waals surface area (Å²) in [6, 6.07) is 7.20. The Morgan fingerprint density at radius 2 is 2.04 bits per heavy atom. The summed E-state index contributed by atoms with van der Waals surface area (Å²) in [5, 5.41) is 4.12. The van der Waals surface area contributed by atoms with Gasteiger partial charge in [0.25, 0.3) is 0 Å². The molecule has 0 aliphatic rings. The summed E-state index contributed by atoms with van der Waals surface area (Å²) in [4.78, 5) is 17.5. The molecular formula is C16H21Cl2N3OS. The van der Waals surface area contributed by atoms with Crippen molar-refractivity contribution in [2.45, 2.75) is 33.2 Å². The number of nitrogens with one attached hydrogen (secondary N) is 1. The van der Waals surface area contributed by atoms with Crippen molar-refractivity contribution < 1.29 is 4.79 Å². The smallest absolute Gasteiger partial charge is 0.243 e. The molecule has 0 saturated carbocycles. The number of thiazole rings is 1. The van der Waals surface area contributed by atoms with Crippen LogP contribution in [0.5, 0.6) is 0 Å². The van der Waals surface area contributed by atoms with E-state index < -0.39 is 6.04 Å². The second-order valence-corrected chi connectivity index (χ2v) is 7.05. The number of nitrogens with two attached hydrogens (primary N) is 1. The van der Waals surface area contributed by atoms with Gasteiger partial charge >= 0.3 is 0 Å². The Bertz CT molecular complexity index is 673. The molecule has 1 amide bonds. The van der Waals surface area contributed by atoms with Gasteiger partial charge in [0, 0.05) is 16.3 Å². The van der Waals surface area contributed by atoms with Crippen LogP contribution in [0.3, 0.4) is 0 Å². The van der Waals surface area contributed by atoms with E-state index in [1.165, 1.54) is 11.3 Å². The zero-order chi connectivity index (χ0) is 16.3. The molecule has 1 heterocycles. The molecule has 1 aromatic carbocycles. The van der Waals surface area contributed by atoms with Crippen molar-refractivity contribution in [3.05, 3.63) is 45.4 Å². The SMILES string of the molecule is Cc1nc(NC(=O)[C@@H](N)C(C)C)sc1Cc1ccccc1Cl.Cl. The Morgan fingerprint density at radius 3 is 2.65 bits per heavy atom. The summed E-state index contributed by atoms with van der Waals surface area (Å²) >= 11 is 7.66. The van der Waals surface area contributed by atoms with Crippen LogP contribution >= 0.6 is 35.3 Å². The van der Waals surface area contributed by atoms with Gasteiger partial charge in [-0.2, -0.15) is 0 Å². The molecule has 2 rings (SSSR count). The second kappa shape index (κ2) is 8.64. The summed E-state index contributed by atoms with van der Waals surface area (Å²) in [7, 11) is 0. The van der Waals surface area contributed by atoms with Gasteiger partial charge in [-0.3, -0.25) is 4.79 Å². The van der Waals surface area contributed by atoms with Crippen LogP contribution in [0, 0.1) is 12.8 Å². The predicted octanol–water partition coefficient (Wildman–Crippen LogP) is 4.04. The molecule has 3 N–H and O–H groups in total. The van der Waals surface area contributed by atoms with Crippen LogP contribution in [0.4, 0.5) is 5.13 Å². The molecule has 0 saturated heterocycles. The van der Waals surface area contributed by atoms with Crippen LogP contribution in [-0.4, -0.2) is 16.9 Å². The van der Waals surface area contributed by atoms with Crippen molar-refractivity contribution in [3.63, 3.8) is 0 Å². The molecule has 0 unspecified atom stereocenters. The van der Waals surface area contributed by atoms with Crippen LogP contribution in [0.2, 0.25) is 5.02 Å². The first-order chi connectivity index (χ1) is 10.4. The second-order valence-electron chi connectivity index (χ2n) is 5.55. The lowest BCUT2D eigenvalue weighted by Gasteiger charge is -2.13. The topological polar surface area (TPSA) is 68.0 Å². The van der Waals surface area contributed by atoms with Gasteiger partial charge in [-0.15, -0.1) is 23.7 Å². The van der Waals surface area contributed by atoms with Crippen LogP contribution in [0.1, 0.15) is 30.0 Å². The van der Waals surface area contributed by atoms with Gasteiger partial charge in [-0.1, -0.05) is 43.6 Å². The average Bonchev–Trinajstić information content (AvgIpc) is 2.80. The maximum atomic E-state index is 12.0. The fraction of sp³-hybridized carbons (Fsp3) is 0.375. The highest BCUT2D eigenvalue weighted by Gasteiger charge is 2.19. The molecule has 0 radical (unpaired) electrons. The normalized spacial score (nSPS) is 11.9. The Kier molecular flexibility index (Phi) is 7.48. The molecule has 0 aliphatic heterocycles. The molecule has 0 fully saturated rings. The van der Waals surface area contributed by atoms with E-state index in [2.05, 4.69) is 10.3 Å². The molecule has 1 atom stereocenters. The van der Waals surface area contributed by atoms with Crippen molar-refractivity contribution in [2.75, 3.05) is 5.32 Å². The molecule has 126 valence electrons. The fourth-order valence-corrected chi connectivity index (χ4v) is 3.14. The number of halogens is 2. The number of hydrogen-bond donors (Lipinski definition) is 2. The summed E-state index contributed by atoms with van der Waals surface area (Å²) in [5.74, 6) is -0.114. The Labute approximate surface area is 151 Å². The summed E-state index contributed by atoms with van der Waals surface area (Å²) in [6.45, 7) is 5.76. The van der Waals surface area contributed by atoms with E-state index in [0.29, 0.717) is 11.6 Å². The van der Waals surface area contributed by atoms with Crippen LogP contribution in [0.15, 0.2) is 24.3 Å². The molecule has 7 heteroatoms. The molecule has 0 spiro atoms. The van der Waals surface area contributed by atoms with Crippen molar-refractivity contribution in [1.82, 2.24) is 4.98 Å². The van der Waals surface area contributed by atoms with Gasteiger partial charge in [-0.05, 0) is 24.5 Å². The fourth-order valence-electron chi connectivity index (χ4n) is 1.95. The monoisotopic (exact) mass is 373 g/mol. The number of anilines is 1. The first-order valence-corrected chi connectivity index (χ1v) is 8.34. The lowest BCUT2D eigenvalue weighted by molar-refractivity contribution is -0.118. The standard InChI is InChI=1S/C16H20ClN3OS.ClH/c1-9(2)14(18)15(21)20-16-19-10(3)13(22-16)8-11-6-4-5-7-12(11)17;/h4-7,9,14H,8,18H2,1-3H3,(H,19,20,21);1H/t14-;/m0./s1. The van der Waals surface area contributed by atoms with Crippen LogP contribution in [-0.2, 0) is 11.2 Å². The third-order valence-corrected chi connectivity index (χ3v) is 4.89. The van der Waals surface area contributed by atoms with Crippen molar-refractivity contribution in [2.24, 2.45) is 11.7 Å². The van der Waals surface area contributed by atoms with E-state index in [4.69, 9.17) is 17.3 Å². The predicted molar refractivity (Wildman–Crippen MR) is 99.8 cm³/mol. The molecular weight excluding hydrogens is 353 g/mol. The third-order valence-electron chi connectivity index (χ3n) is 3.45. The molecule has 23 heavy (non-hydrogen) atoms. The number of aryl methyl sites for hydroxylation is 1. The number of rotatable bonds is 5. The first-order valence-electron chi connectivity index (χ1n) is 7.14. The van der Waals surface area contributed by atoms with Gasteiger partial charge in [-0.25, -0.2) is 4.98 Å². The Morgan fingerprint density at radius 1 is 1.39 bits per heavy atom. The zero-order valence-corrected chi connectivity index (χ0v) is 15.7. The number of benzene rings is 1. The van der Waals surface area contributed by atoms with Gasteiger partial charge < -0.3 is 11.1 Å². The number of amides is 1. The Hall–Kier alpha value is -1.14. The largest absolute Gasteiger partial charge is 0.320 e. The van der Waals surface area contributed by atoms with Crippen molar-refractivity contribution >= 4 is 46.4 Å². The quantitative estimate of drug-likeness (QED) is 0.830. The lowest BCUT2D eigenvalue weighted by Crippen LogP contribution is -2.39. The summed E-state index contributed by atoms with van der Waals surface area (Å²) in [6.07, 6.45) is 0.704. The number of hydrogen-bond acceptors (Lipinski definition) is 4. The summed E-state index contributed by atoms with van der Waals surface area (Å²) in [5.41, 5.74) is 7.79. The number of aromatic nitrogens is 1. The molecule has 1 aromatic heterocycles. The van der Waals surface area contributed by atoms with Gasteiger partial charge in [0.1, 0.15) is 0 Å². The number of carbonyl (C=O) groups excluding carboxylic acids is 1. The molecule has 4 nitrogen and oxygen atoms in total. The molecule has 0 bridgehead atoms.